The second kappa shape index (κ2) is 8.19. The normalized spacial score (nSPS) is 12.6. The van der Waals surface area contributed by atoms with Gasteiger partial charge in [-0.05, 0) is 38.1 Å². The topological polar surface area (TPSA) is 72.5 Å². The van der Waals surface area contributed by atoms with Gasteiger partial charge in [0.15, 0.2) is 0 Å². The molecule has 2 rings (SSSR count). The average Bonchev–Trinajstić information content (AvgIpc) is 2.54. The quantitative estimate of drug-likeness (QED) is 0.748. The molecular weight excluding hydrogens is 385 g/mol. The zero-order chi connectivity index (χ0) is 18.6. The molecule has 8 heteroatoms. The minimum atomic E-state index is -3.82. The van der Waals surface area contributed by atoms with Gasteiger partial charge in [0, 0.05) is 15.6 Å². The van der Waals surface area contributed by atoms with Gasteiger partial charge in [-0.15, -0.1) is 0 Å². The highest BCUT2D eigenvalue weighted by molar-refractivity contribution is 7.89. The molecule has 1 atom stereocenters. The molecule has 1 N–H and O–H groups in total. The highest BCUT2D eigenvalue weighted by Crippen LogP contribution is 2.25. The minimum Gasteiger partial charge on any atom is -0.460 e. The Morgan fingerprint density at radius 1 is 1.12 bits per heavy atom. The maximum absolute atomic E-state index is 12.3. The third-order valence-electron chi connectivity index (χ3n) is 3.44. The van der Waals surface area contributed by atoms with Crippen molar-refractivity contribution in [2.75, 3.05) is 0 Å². The smallest absolute Gasteiger partial charge is 0.324 e. The lowest BCUT2D eigenvalue weighted by atomic mass is 10.2. The zero-order valence-electron chi connectivity index (χ0n) is 13.6. The van der Waals surface area contributed by atoms with E-state index in [1.807, 2.05) is 6.92 Å². The van der Waals surface area contributed by atoms with Gasteiger partial charge in [0.25, 0.3) is 0 Å². The van der Waals surface area contributed by atoms with Crippen LogP contribution >= 0.6 is 23.2 Å². The highest BCUT2D eigenvalue weighted by atomic mass is 35.5. The number of halogens is 2. The Bertz CT molecular complexity index is 846. The van der Waals surface area contributed by atoms with E-state index in [1.54, 1.807) is 30.3 Å². The molecule has 0 heterocycles. The maximum atomic E-state index is 12.3. The van der Waals surface area contributed by atoms with Crippen molar-refractivity contribution < 1.29 is 17.9 Å². The van der Waals surface area contributed by atoms with Crippen LogP contribution < -0.4 is 4.72 Å². The summed E-state index contributed by atoms with van der Waals surface area (Å²) in [4.78, 5) is 12.1. The van der Waals surface area contributed by atoms with Gasteiger partial charge in [-0.25, -0.2) is 8.42 Å². The molecule has 25 heavy (non-hydrogen) atoms. The van der Waals surface area contributed by atoms with Crippen molar-refractivity contribution in [1.82, 2.24) is 4.72 Å². The molecule has 0 unspecified atom stereocenters. The lowest BCUT2D eigenvalue weighted by Gasteiger charge is -2.15. The number of hydrogen-bond acceptors (Lipinski definition) is 4. The van der Waals surface area contributed by atoms with Crippen LogP contribution in [0.4, 0.5) is 0 Å². The number of esters is 1. The van der Waals surface area contributed by atoms with Crippen LogP contribution in [0.15, 0.2) is 47.4 Å². The summed E-state index contributed by atoms with van der Waals surface area (Å²) in [5.41, 5.74) is 1.40. The Morgan fingerprint density at radius 3 is 2.24 bits per heavy atom. The first-order chi connectivity index (χ1) is 11.7. The van der Waals surface area contributed by atoms with Crippen LogP contribution in [0.1, 0.15) is 18.1 Å². The van der Waals surface area contributed by atoms with Gasteiger partial charge in [-0.2, -0.15) is 4.72 Å². The number of carbonyl (C=O) groups is 1. The van der Waals surface area contributed by atoms with Gasteiger partial charge in [0.1, 0.15) is 12.6 Å². The predicted molar refractivity (Wildman–Crippen MR) is 97.2 cm³/mol. The summed E-state index contributed by atoms with van der Waals surface area (Å²) in [6.07, 6.45) is 0. The summed E-state index contributed by atoms with van der Waals surface area (Å²) in [6, 6.07) is 10.2. The molecule has 0 radical (unpaired) electrons. The van der Waals surface area contributed by atoms with E-state index in [-0.39, 0.29) is 11.5 Å². The van der Waals surface area contributed by atoms with Crippen molar-refractivity contribution >= 4 is 39.2 Å². The van der Waals surface area contributed by atoms with E-state index in [4.69, 9.17) is 27.9 Å². The predicted octanol–water partition coefficient (Wildman–Crippen LogP) is 3.71. The summed E-state index contributed by atoms with van der Waals surface area (Å²) in [5, 5.41) is 0.737. The van der Waals surface area contributed by atoms with Crippen molar-refractivity contribution in [2.24, 2.45) is 0 Å². The van der Waals surface area contributed by atoms with Crippen LogP contribution in [0.5, 0.6) is 0 Å². The summed E-state index contributed by atoms with van der Waals surface area (Å²) in [7, 11) is -3.82. The van der Waals surface area contributed by atoms with E-state index < -0.39 is 22.0 Å². The van der Waals surface area contributed by atoms with Crippen molar-refractivity contribution in [2.45, 2.75) is 31.4 Å². The Kier molecular flexibility index (Phi) is 6.46. The number of ether oxygens (including phenoxy) is 1. The largest absolute Gasteiger partial charge is 0.460 e. The van der Waals surface area contributed by atoms with Crippen molar-refractivity contribution in [1.29, 1.82) is 0 Å². The number of aryl methyl sites for hydroxylation is 1. The molecule has 0 aromatic heterocycles. The molecule has 0 fully saturated rings. The number of carbonyl (C=O) groups excluding carboxylic acids is 1. The third-order valence-corrected chi connectivity index (χ3v) is 5.70. The molecule has 2 aromatic carbocycles. The van der Waals surface area contributed by atoms with Gasteiger partial charge in [0.2, 0.25) is 10.0 Å². The molecule has 5 nitrogen and oxygen atoms in total. The van der Waals surface area contributed by atoms with Gasteiger partial charge in [0.05, 0.1) is 4.90 Å². The van der Waals surface area contributed by atoms with E-state index in [0.717, 1.165) is 5.56 Å². The van der Waals surface area contributed by atoms with Gasteiger partial charge in [-0.3, -0.25) is 4.79 Å². The molecule has 0 amide bonds. The lowest BCUT2D eigenvalue weighted by molar-refractivity contribution is -0.146. The van der Waals surface area contributed by atoms with Gasteiger partial charge < -0.3 is 4.74 Å². The second-order valence-corrected chi connectivity index (χ2v) is 7.99. The Labute approximate surface area is 157 Å². The highest BCUT2D eigenvalue weighted by Gasteiger charge is 2.23. The fourth-order valence-electron chi connectivity index (χ4n) is 2.00. The van der Waals surface area contributed by atoms with Crippen LogP contribution in [0.2, 0.25) is 10.0 Å². The van der Waals surface area contributed by atoms with Crippen molar-refractivity contribution in [3.8, 4) is 0 Å². The van der Waals surface area contributed by atoms with Gasteiger partial charge in [-0.1, -0.05) is 47.0 Å². The number of rotatable bonds is 6. The summed E-state index contributed by atoms with van der Waals surface area (Å²) < 4.78 is 32.0. The van der Waals surface area contributed by atoms with E-state index in [1.165, 1.54) is 19.1 Å². The number of hydrogen-bond donors (Lipinski definition) is 1. The first-order valence-corrected chi connectivity index (χ1v) is 9.63. The SMILES string of the molecule is Cc1ccc(S(=O)(=O)N[C@@H](C)C(=O)OCc2c(Cl)cccc2Cl)cc1. The number of benzene rings is 2. The number of nitrogens with one attached hydrogen (secondary N) is 1. The van der Waals surface area contributed by atoms with Crippen LogP contribution in [-0.2, 0) is 26.2 Å². The molecule has 0 spiro atoms. The average molecular weight is 402 g/mol. The van der Waals surface area contributed by atoms with Gasteiger partial charge >= 0.3 is 5.97 Å². The molecule has 0 bridgehead atoms. The standard InChI is InChI=1S/C17H17Cl2NO4S/c1-11-6-8-13(9-7-11)25(22,23)20-12(2)17(21)24-10-14-15(18)4-3-5-16(14)19/h3-9,12,20H,10H2,1-2H3/t12-/m0/s1. The van der Waals surface area contributed by atoms with Crippen LogP contribution in [-0.4, -0.2) is 20.4 Å². The Hall–Kier alpha value is -1.60. The lowest BCUT2D eigenvalue weighted by Crippen LogP contribution is -2.39. The Balaban J connectivity index is 2.01. The Morgan fingerprint density at radius 2 is 1.68 bits per heavy atom. The molecule has 0 saturated heterocycles. The minimum absolute atomic E-state index is 0.0758. The van der Waals surface area contributed by atoms with Crippen LogP contribution in [0, 0.1) is 6.92 Å². The fraction of sp³-hybridized carbons (Fsp3) is 0.235. The van der Waals surface area contributed by atoms with Crippen LogP contribution in [0.3, 0.4) is 0 Å². The molecule has 0 aliphatic rings. The summed E-state index contributed by atoms with van der Waals surface area (Å²) in [5.74, 6) is -0.730. The van der Waals surface area contributed by atoms with Crippen molar-refractivity contribution in [3.63, 3.8) is 0 Å². The van der Waals surface area contributed by atoms with Crippen molar-refractivity contribution in [3.05, 3.63) is 63.6 Å². The monoisotopic (exact) mass is 401 g/mol. The van der Waals surface area contributed by atoms with E-state index in [0.29, 0.717) is 15.6 Å². The molecule has 2 aromatic rings. The number of sulfonamides is 1. The van der Waals surface area contributed by atoms with E-state index >= 15 is 0 Å². The first kappa shape index (κ1) is 19.7. The van der Waals surface area contributed by atoms with Crippen LogP contribution in [0.25, 0.3) is 0 Å². The third kappa shape index (κ3) is 5.19. The fourth-order valence-corrected chi connectivity index (χ4v) is 3.70. The summed E-state index contributed by atoms with van der Waals surface area (Å²) >= 11 is 12.0. The first-order valence-electron chi connectivity index (χ1n) is 7.39. The zero-order valence-corrected chi connectivity index (χ0v) is 16.0. The molecule has 134 valence electrons. The molecule has 0 aliphatic heterocycles. The molecular formula is C17H17Cl2NO4S. The second-order valence-electron chi connectivity index (χ2n) is 5.46. The molecule has 0 saturated carbocycles. The molecule has 0 aliphatic carbocycles. The summed E-state index contributed by atoms with van der Waals surface area (Å²) in [6.45, 7) is 3.11. The van der Waals surface area contributed by atoms with E-state index in [2.05, 4.69) is 4.72 Å². The maximum Gasteiger partial charge on any atom is 0.324 e. The van der Waals surface area contributed by atoms with E-state index in [9.17, 15) is 13.2 Å².